The van der Waals surface area contributed by atoms with Gasteiger partial charge in [-0.15, -0.1) is 0 Å². The van der Waals surface area contributed by atoms with Gasteiger partial charge in [0.05, 0.1) is 7.11 Å². The molecule has 2 N–H and O–H groups in total. The lowest BCUT2D eigenvalue weighted by molar-refractivity contribution is -0.113. The Kier molecular flexibility index (Phi) is 5.45. The maximum atomic E-state index is 11.3. The molecule has 2 aliphatic rings. The van der Waals surface area contributed by atoms with E-state index < -0.39 is 11.4 Å². The first kappa shape index (κ1) is 18.9. The van der Waals surface area contributed by atoms with Crippen LogP contribution in [0.2, 0.25) is 0 Å². The van der Waals surface area contributed by atoms with Crippen LogP contribution in [0.25, 0.3) is 0 Å². The number of hydrogen-bond acceptors (Lipinski definition) is 3. The molecule has 140 valence electrons. The second-order valence-corrected chi connectivity index (χ2v) is 7.06. The standard InChI is InChI=1S/C23H26N2O2/c1-4-21-18-7-8-19(9-12-22(24)26)23(21,14-16(2)13-18)25-15-17-5-10-20(27-3)11-6-17/h4-6,8-13,15,18H,7,14H2,1-3H3,(H2,24,26)/b12-9-,21-4+,25-15?. The molecule has 2 bridgehead atoms. The van der Waals surface area contributed by atoms with Crippen molar-refractivity contribution >= 4 is 12.1 Å². The second kappa shape index (κ2) is 7.78. The van der Waals surface area contributed by atoms with Crippen LogP contribution in [0, 0.1) is 5.92 Å². The van der Waals surface area contributed by atoms with E-state index in [0.717, 1.165) is 29.7 Å². The third-order valence-corrected chi connectivity index (χ3v) is 5.25. The monoisotopic (exact) mass is 362 g/mol. The number of nitrogens with two attached hydrogens (primary N) is 1. The van der Waals surface area contributed by atoms with Gasteiger partial charge in [0.25, 0.3) is 0 Å². The van der Waals surface area contributed by atoms with Gasteiger partial charge in [-0.1, -0.05) is 29.9 Å². The summed E-state index contributed by atoms with van der Waals surface area (Å²) in [6.45, 7) is 4.22. The van der Waals surface area contributed by atoms with E-state index in [-0.39, 0.29) is 0 Å². The van der Waals surface area contributed by atoms with E-state index in [9.17, 15) is 4.79 Å². The van der Waals surface area contributed by atoms with Crippen molar-refractivity contribution in [1.29, 1.82) is 0 Å². The topological polar surface area (TPSA) is 64.7 Å². The predicted molar refractivity (Wildman–Crippen MR) is 110 cm³/mol. The summed E-state index contributed by atoms with van der Waals surface area (Å²) in [5.74, 6) is 0.721. The highest BCUT2D eigenvalue weighted by molar-refractivity contribution is 5.86. The number of fused-ring (bicyclic) bond motifs is 2. The maximum absolute atomic E-state index is 11.3. The Labute approximate surface area is 160 Å². The van der Waals surface area contributed by atoms with Crippen molar-refractivity contribution in [3.63, 3.8) is 0 Å². The Balaban J connectivity index is 2.06. The molecule has 3 rings (SSSR count). The van der Waals surface area contributed by atoms with Crippen LogP contribution in [0.5, 0.6) is 5.75 Å². The molecule has 1 amide bonds. The fraction of sp³-hybridized carbons (Fsp3) is 0.304. The Morgan fingerprint density at radius 2 is 2.07 bits per heavy atom. The van der Waals surface area contributed by atoms with E-state index in [1.807, 2.05) is 36.6 Å². The van der Waals surface area contributed by atoms with Gasteiger partial charge in [0.15, 0.2) is 0 Å². The van der Waals surface area contributed by atoms with Crippen LogP contribution in [0.3, 0.4) is 0 Å². The molecule has 0 aromatic heterocycles. The molecule has 4 heteroatoms. The number of benzene rings is 1. The summed E-state index contributed by atoms with van der Waals surface area (Å²) in [4.78, 5) is 16.4. The number of ether oxygens (including phenoxy) is 1. The predicted octanol–water partition coefficient (Wildman–Crippen LogP) is 4.14. The van der Waals surface area contributed by atoms with Crippen molar-refractivity contribution in [2.45, 2.75) is 32.2 Å². The third-order valence-electron chi connectivity index (χ3n) is 5.25. The minimum atomic E-state index is -0.484. The Bertz CT molecular complexity index is 872. The maximum Gasteiger partial charge on any atom is 0.241 e. The number of allylic oxidation sites excluding steroid dienone is 3. The summed E-state index contributed by atoms with van der Waals surface area (Å²) >= 11 is 0. The molecule has 27 heavy (non-hydrogen) atoms. The molecule has 0 fully saturated rings. The van der Waals surface area contributed by atoms with Gasteiger partial charge >= 0.3 is 0 Å². The first-order valence-corrected chi connectivity index (χ1v) is 9.20. The zero-order valence-corrected chi connectivity index (χ0v) is 16.1. The van der Waals surface area contributed by atoms with Gasteiger partial charge in [-0.05, 0) is 61.2 Å². The number of nitrogens with zero attached hydrogens (tertiary/aromatic N) is 1. The Hall–Kier alpha value is -2.88. The van der Waals surface area contributed by atoms with Gasteiger partial charge in [-0.3, -0.25) is 9.79 Å². The summed E-state index contributed by atoms with van der Waals surface area (Å²) < 4.78 is 5.22. The van der Waals surface area contributed by atoms with Gasteiger partial charge in [0.2, 0.25) is 5.91 Å². The summed E-state index contributed by atoms with van der Waals surface area (Å²) in [5.41, 5.74) is 9.49. The summed E-state index contributed by atoms with van der Waals surface area (Å²) in [7, 11) is 1.65. The highest BCUT2D eigenvalue weighted by Crippen LogP contribution is 2.49. The van der Waals surface area contributed by atoms with Crippen LogP contribution in [-0.2, 0) is 4.79 Å². The second-order valence-electron chi connectivity index (χ2n) is 7.06. The summed E-state index contributed by atoms with van der Waals surface area (Å²) in [5, 5.41) is 0. The normalized spacial score (nSPS) is 26.3. The number of aliphatic imine (C=N–C) groups is 1. The van der Waals surface area contributed by atoms with E-state index >= 15 is 0 Å². The number of hydrogen-bond donors (Lipinski definition) is 1. The Morgan fingerprint density at radius 1 is 1.33 bits per heavy atom. The fourth-order valence-electron chi connectivity index (χ4n) is 4.09. The number of methoxy groups -OCH3 is 1. The molecule has 1 aromatic carbocycles. The minimum absolute atomic E-state index is 0.350. The van der Waals surface area contributed by atoms with Crippen LogP contribution in [-0.4, -0.2) is 24.8 Å². The van der Waals surface area contributed by atoms with Crippen LogP contribution >= 0.6 is 0 Å². The van der Waals surface area contributed by atoms with E-state index in [2.05, 4.69) is 32.1 Å². The van der Waals surface area contributed by atoms with Crippen LogP contribution in [0.4, 0.5) is 0 Å². The van der Waals surface area contributed by atoms with Gasteiger partial charge in [0.1, 0.15) is 11.3 Å². The van der Waals surface area contributed by atoms with E-state index in [0.29, 0.717) is 5.92 Å². The van der Waals surface area contributed by atoms with Gasteiger partial charge in [-0.2, -0.15) is 0 Å². The van der Waals surface area contributed by atoms with Crippen molar-refractivity contribution < 1.29 is 9.53 Å². The lowest BCUT2D eigenvalue weighted by Gasteiger charge is -2.44. The van der Waals surface area contributed by atoms with Crippen LogP contribution in [0.1, 0.15) is 32.3 Å². The first-order chi connectivity index (χ1) is 13.0. The van der Waals surface area contributed by atoms with Crippen molar-refractivity contribution in [2.24, 2.45) is 16.6 Å². The van der Waals surface area contributed by atoms with E-state index in [4.69, 9.17) is 15.5 Å². The Morgan fingerprint density at radius 3 is 2.70 bits per heavy atom. The molecular formula is C23H26N2O2. The lowest BCUT2D eigenvalue weighted by Crippen LogP contribution is -2.40. The minimum Gasteiger partial charge on any atom is -0.497 e. The van der Waals surface area contributed by atoms with Crippen molar-refractivity contribution in [1.82, 2.24) is 0 Å². The molecule has 0 spiro atoms. The third kappa shape index (κ3) is 3.80. The highest BCUT2D eigenvalue weighted by Gasteiger charge is 2.44. The molecule has 2 unspecified atom stereocenters. The van der Waals surface area contributed by atoms with Crippen LogP contribution in [0.15, 0.2) is 76.4 Å². The molecule has 2 aliphatic carbocycles. The molecule has 1 aromatic rings. The first-order valence-electron chi connectivity index (χ1n) is 9.20. The quantitative estimate of drug-likeness (QED) is 0.486. The molecule has 0 saturated heterocycles. The molecule has 2 atom stereocenters. The smallest absolute Gasteiger partial charge is 0.241 e. The van der Waals surface area contributed by atoms with E-state index in [1.54, 1.807) is 7.11 Å². The number of carbonyl (C=O) groups is 1. The molecule has 0 aliphatic heterocycles. The summed E-state index contributed by atoms with van der Waals surface area (Å²) in [6, 6.07) is 7.83. The van der Waals surface area contributed by atoms with Gasteiger partial charge in [0, 0.05) is 24.6 Å². The van der Waals surface area contributed by atoms with Gasteiger partial charge in [-0.25, -0.2) is 0 Å². The van der Waals surface area contributed by atoms with Gasteiger partial charge < -0.3 is 10.5 Å². The number of amides is 1. The number of primary amides is 1. The number of carbonyl (C=O) groups excluding carboxylic acids is 1. The molecule has 4 nitrogen and oxygen atoms in total. The van der Waals surface area contributed by atoms with Crippen molar-refractivity contribution in [3.05, 3.63) is 76.9 Å². The molecule has 0 saturated carbocycles. The van der Waals surface area contributed by atoms with Crippen LogP contribution < -0.4 is 10.5 Å². The van der Waals surface area contributed by atoms with Crippen molar-refractivity contribution in [3.8, 4) is 5.75 Å². The largest absolute Gasteiger partial charge is 0.497 e. The summed E-state index contributed by atoms with van der Waals surface area (Å²) in [6.07, 6.45) is 13.6. The fourth-order valence-corrected chi connectivity index (χ4v) is 4.09. The van der Waals surface area contributed by atoms with E-state index in [1.165, 1.54) is 17.2 Å². The molecule has 0 radical (unpaired) electrons. The molecule has 0 heterocycles. The van der Waals surface area contributed by atoms with Crippen molar-refractivity contribution in [2.75, 3.05) is 7.11 Å². The SMILES string of the molecule is C/C=C1\C2C=C(C)CC1(N=Cc1ccc(OC)cc1)C(/C=C\C(N)=O)=CC2. The highest BCUT2D eigenvalue weighted by atomic mass is 16.5. The average molecular weight is 362 g/mol. The zero-order chi connectivity index (χ0) is 19.4. The lowest BCUT2D eigenvalue weighted by atomic mass is 9.64. The average Bonchev–Trinajstić information content (AvgIpc) is 2.65. The molecular weight excluding hydrogens is 336 g/mol. The number of rotatable bonds is 5. The zero-order valence-electron chi connectivity index (χ0n) is 16.1.